The van der Waals surface area contributed by atoms with Crippen LogP contribution in [0.25, 0.3) is 16.6 Å². The minimum atomic E-state index is 0.0557. The fourth-order valence-corrected chi connectivity index (χ4v) is 4.41. The summed E-state index contributed by atoms with van der Waals surface area (Å²) in [5, 5.41) is 4.23. The number of aliphatic imine (C=N–C) groups is 1. The summed E-state index contributed by atoms with van der Waals surface area (Å²) in [5.41, 5.74) is 3.95. The Morgan fingerprint density at radius 3 is 2.85 bits per heavy atom. The molecule has 1 unspecified atom stereocenters. The van der Waals surface area contributed by atoms with E-state index in [1.165, 1.54) is 0 Å². The highest BCUT2D eigenvalue weighted by Gasteiger charge is 2.27. The standard InChI is InChI=1S/C26H33N7O/c1-5-12-32-13-14-33(17-18(32)4)25(34)24-16-19-15-20(8-9-22(19)30-24)29-26-28-11-10-23(31-26)21(6-2)27-7-3/h6-11,15-16,18,30H,5,12-14,17H2,1-4H3,(H,28,29,31)/b21-6-,27-7?. The van der Waals surface area contributed by atoms with Crippen molar-refractivity contribution in [2.24, 2.45) is 4.99 Å². The zero-order chi connectivity index (χ0) is 24.1. The summed E-state index contributed by atoms with van der Waals surface area (Å²) in [7, 11) is 0. The minimum absolute atomic E-state index is 0.0557. The third kappa shape index (κ3) is 5.17. The van der Waals surface area contributed by atoms with Crippen LogP contribution in [0.1, 0.15) is 50.3 Å². The molecule has 0 saturated carbocycles. The number of nitrogens with zero attached hydrogens (tertiary/aromatic N) is 5. The zero-order valence-corrected chi connectivity index (χ0v) is 20.4. The first-order valence-corrected chi connectivity index (χ1v) is 11.9. The maximum atomic E-state index is 13.2. The lowest BCUT2D eigenvalue weighted by Gasteiger charge is -2.39. The maximum Gasteiger partial charge on any atom is 0.270 e. The van der Waals surface area contributed by atoms with E-state index in [2.05, 4.69) is 44.0 Å². The number of benzene rings is 1. The molecule has 2 N–H and O–H groups in total. The van der Waals surface area contributed by atoms with Crippen LogP contribution in [-0.2, 0) is 0 Å². The number of piperazine rings is 1. The van der Waals surface area contributed by atoms with Gasteiger partial charge in [-0.3, -0.25) is 14.7 Å². The number of fused-ring (bicyclic) bond motifs is 1. The van der Waals surface area contributed by atoms with Gasteiger partial charge in [0.1, 0.15) is 5.69 Å². The van der Waals surface area contributed by atoms with Crippen molar-refractivity contribution in [1.82, 2.24) is 24.8 Å². The number of aromatic nitrogens is 3. The molecule has 0 aliphatic carbocycles. The second-order valence-electron chi connectivity index (χ2n) is 8.57. The van der Waals surface area contributed by atoms with Crippen LogP contribution >= 0.6 is 0 Å². The predicted molar refractivity (Wildman–Crippen MR) is 139 cm³/mol. The summed E-state index contributed by atoms with van der Waals surface area (Å²) in [4.78, 5) is 34.1. The normalized spacial score (nSPS) is 17.6. The first kappa shape index (κ1) is 23.6. The van der Waals surface area contributed by atoms with Gasteiger partial charge < -0.3 is 15.2 Å². The lowest BCUT2D eigenvalue weighted by molar-refractivity contribution is 0.0511. The van der Waals surface area contributed by atoms with Crippen molar-refractivity contribution in [3.63, 3.8) is 0 Å². The average Bonchev–Trinajstić information content (AvgIpc) is 3.27. The molecule has 34 heavy (non-hydrogen) atoms. The quantitative estimate of drug-likeness (QED) is 0.500. The molecule has 8 heteroatoms. The molecule has 1 fully saturated rings. The number of carbonyl (C=O) groups excluding carboxylic acids is 1. The molecule has 1 aromatic carbocycles. The van der Waals surface area contributed by atoms with Crippen LogP contribution in [0.4, 0.5) is 11.6 Å². The highest BCUT2D eigenvalue weighted by molar-refractivity contribution is 5.98. The van der Waals surface area contributed by atoms with Crippen molar-refractivity contribution in [2.45, 2.75) is 40.2 Å². The summed E-state index contributed by atoms with van der Waals surface area (Å²) >= 11 is 0. The second kappa shape index (κ2) is 10.6. The van der Waals surface area contributed by atoms with E-state index >= 15 is 0 Å². The molecule has 1 saturated heterocycles. The van der Waals surface area contributed by atoms with Crippen LogP contribution in [0.5, 0.6) is 0 Å². The summed E-state index contributed by atoms with van der Waals surface area (Å²) in [6.45, 7) is 11.7. The fourth-order valence-electron chi connectivity index (χ4n) is 4.41. The topological polar surface area (TPSA) is 89.5 Å². The smallest absolute Gasteiger partial charge is 0.270 e. The van der Waals surface area contributed by atoms with Gasteiger partial charge in [-0.1, -0.05) is 13.0 Å². The van der Waals surface area contributed by atoms with Crippen molar-refractivity contribution in [3.05, 3.63) is 54.0 Å². The molecule has 4 rings (SSSR count). The molecule has 178 valence electrons. The molecule has 1 aliphatic rings. The summed E-state index contributed by atoms with van der Waals surface area (Å²) in [6, 6.07) is 10.1. The number of carbonyl (C=O) groups is 1. The molecule has 2 aromatic heterocycles. The maximum absolute atomic E-state index is 13.2. The second-order valence-corrected chi connectivity index (χ2v) is 8.57. The lowest BCUT2D eigenvalue weighted by Crippen LogP contribution is -2.53. The number of amides is 1. The van der Waals surface area contributed by atoms with Crippen molar-refractivity contribution in [1.29, 1.82) is 0 Å². The van der Waals surface area contributed by atoms with Crippen LogP contribution in [-0.4, -0.2) is 69.1 Å². The van der Waals surface area contributed by atoms with E-state index in [1.54, 1.807) is 12.4 Å². The zero-order valence-electron chi connectivity index (χ0n) is 20.4. The van der Waals surface area contributed by atoms with E-state index in [-0.39, 0.29) is 5.91 Å². The van der Waals surface area contributed by atoms with Gasteiger partial charge in [0.05, 0.1) is 11.4 Å². The van der Waals surface area contributed by atoms with Gasteiger partial charge in [0, 0.05) is 54.7 Å². The SMILES string of the molecule is CC=N/C(=C\C)c1ccnc(Nc2ccc3[nH]c(C(=O)N4CCN(CCC)C(C)C4)cc3c2)n1. The molecule has 3 heterocycles. The molecular weight excluding hydrogens is 426 g/mol. The Labute approximate surface area is 200 Å². The number of hydrogen-bond donors (Lipinski definition) is 2. The van der Waals surface area contributed by atoms with Crippen LogP contribution in [0.3, 0.4) is 0 Å². The molecule has 0 bridgehead atoms. The average molecular weight is 460 g/mol. The number of allylic oxidation sites excluding steroid dienone is 1. The summed E-state index contributed by atoms with van der Waals surface area (Å²) < 4.78 is 0. The Balaban J connectivity index is 1.49. The van der Waals surface area contributed by atoms with Gasteiger partial charge in [0.15, 0.2) is 0 Å². The van der Waals surface area contributed by atoms with Gasteiger partial charge in [0.2, 0.25) is 5.95 Å². The predicted octanol–water partition coefficient (Wildman–Crippen LogP) is 4.71. The monoisotopic (exact) mass is 459 g/mol. The first-order chi connectivity index (χ1) is 16.5. The third-order valence-corrected chi connectivity index (χ3v) is 6.13. The van der Waals surface area contributed by atoms with Gasteiger partial charge in [0.25, 0.3) is 5.91 Å². The first-order valence-electron chi connectivity index (χ1n) is 11.9. The van der Waals surface area contributed by atoms with Gasteiger partial charge >= 0.3 is 0 Å². The molecule has 0 spiro atoms. The van der Waals surface area contributed by atoms with Crippen molar-refractivity contribution >= 4 is 40.4 Å². The van der Waals surface area contributed by atoms with Gasteiger partial charge in [-0.05, 0) is 64.1 Å². The van der Waals surface area contributed by atoms with Crippen molar-refractivity contribution < 1.29 is 4.79 Å². The Kier molecular flexibility index (Phi) is 7.37. The van der Waals surface area contributed by atoms with E-state index < -0.39 is 0 Å². The number of anilines is 2. The Bertz CT molecular complexity index is 1210. The lowest BCUT2D eigenvalue weighted by atomic mass is 10.1. The van der Waals surface area contributed by atoms with E-state index in [0.717, 1.165) is 60.6 Å². The highest BCUT2D eigenvalue weighted by Crippen LogP contribution is 2.24. The Morgan fingerprint density at radius 2 is 2.12 bits per heavy atom. The molecule has 1 atom stereocenters. The number of H-pyrrole nitrogens is 1. The van der Waals surface area contributed by atoms with E-state index in [1.807, 2.05) is 55.2 Å². The molecule has 1 amide bonds. The van der Waals surface area contributed by atoms with Crippen LogP contribution in [0.15, 0.2) is 47.6 Å². The fraction of sp³-hybridized carbons (Fsp3) is 0.385. The van der Waals surface area contributed by atoms with Crippen molar-refractivity contribution in [3.8, 4) is 0 Å². The van der Waals surface area contributed by atoms with Gasteiger partial charge in [-0.2, -0.15) is 0 Å². The molecule has 1 aliphatic heterocycles. The van der Waals surface area contributed by atoms with Crippen LogP contribution in [0, 0.1) is 0 Å². The Morgan fingerprint density at radius 1 is 1.26 bits per heavy atom. The minimum Gasteiger partial charge on any atom is -0.351 e. The number of nitrogens with one attached hydrogen (secondary N) is 2. The van der Waals surface area contributed by atoms with Crippen LogP contribution in [0.2, 0.25) is 0 Å². The van der Waals surface area contributed by atoms with E-state index in [4.69, 9.17) is 0 Å². The number of rotatable bonds is 7. The highest BCUT2D eigenvalue weighted by atomic mass is 16.2. The largest absolute Gasteiger partial charge is 0.351 e. The molecule has 8 nitrogen and oxygen atoms in total. The molecule has 0 radical (unpaired) electrons. The molecule has 3 aromatic rings. The molecular formula is C26H33N7O. The van der Waals surface area contributed by atoms with E-state index in [9.17, 15) is 4.79 Å². The van der Waals surface area contributed by atoms with Crippen molar-refractivity contribution in [2.75, 3.05) is 31.5 Å². The third-order valence-electron chi connectivity index (χ3n) is 6.13. The Hall–Kier alpha value is -3.52. The van der Waals surface area contributed by atoms with E-state index in [0.29, 0.717) is 17.7 Å². The van der Waals surface area contributed by atoms with Gasteiger partial charge in [-0.25, -0.2) is 9.97 Å². The number of hydrogen-bond acceptors (Lipinski definition) is 6. The van der Waals surface area contributed by atoms with Crippen LogP contribution < -0.4 is 5.32 Å². The summed E-state index contributed by atoms with van der Waals surface area (Å²) in [6.07, 6.45) is 6.51. The summed E-state index contributed by atoms with van der Waals surface area (Å²) in [5.74, 6) is 0.549. The number of aromatic amines is 1. The van der Waals surface area contributed by atoms with Gasteiger partial charge in [-0.15, -0.1) is 0 Å².